The molecule has 3 N–H and O–H groups in total. The summed E-state index contributed by atoms with van der Waals surface area (Å²) in [6.45, 7) is 6.17. The molecule has 3 heterocycles. The summed E-state index contributed by atoms with van der Waals surface area (Å²) in [6, 6.07) is 5.47. The number of anilines is 1. The largest absolute Gasteiger partial charge is 0.497 e. The number of carbonyl (C=O) groups is 3. The van der Waals surface area contributed by atoms with Gasteiger partial charge in [-0.15, -0.1) is 0 Å². The van der Waals surface area contributed by atoms with Gasteiger partial charge in [0.25, 0.3) is 0 Å². The van der Waals surface area contributed by atoms with E-state index in [9.17, 15) is 19.5 Å². The third-order valence-corrected chi connectivity index (χ3v) is 8.04. The van der Waals surface area contributed by atoms with Crippen molar-refractivity contribution < 1.29 is 29.0 Å². The monoisotopic (exact) mass is 487 g/mol. The standard InChI is InChI=1S/C26H37N3O6/c1-5-13-27-23(31)20-19-11-12-26(35-19)21(20)25(33)29(18(14-30)15(3)6-2)22(26)24(32)28-16-7-9-17(34-4)10-8-16/h7-10,15,18-22,30H,5-6,11-14H2,1-4H3,(H,27,31)(H,28,32)/t15-,18-,19+,20-,21-,22?,26?/m0/s1. The zero-order valence-corrected chi connectivity index (χ0v) is 21.0. The van der Waals surface area contributed by atoms with E-state index in [1.807, 2.05) is 20.8 Å². The first-order valence-electron chi connectivity index (χ1n) is 12.7. The van der Waals surface area contributed by atoms with E-state index in [0.29, 0.717) is 30.8 Å². The highest BCUT2D eigenvalue weighted by Crippen LogP contribution is 2.59. The lowest BCUT2D eigenvalue weighted by atomic mass is 9.70. The molecule has 192 valence electrons. The van der Waals surface area contributed by atoms with Gasteiger partial charge in [0.1, 0.15) is 17.4 Å². The van der Waals surface area contributed by atoms with Gasteiger partial charge >= 0.3 is 0 Å². The fourth-order valence-corrected chi connectivity index (χ4v) is 6.11. The quantitative estimate of drug-likeness (QED) is 0.464. The van der Waals surface area contributed by atoms with Crippen LogP contribution in [0.15, 0.2) is 24.3 Å². The average Bonchev–Trinajstić information content (AvgIpc) is 3.51. The van der Waals surface area contributed by atoms with Crippen molar-refractivity contribution in [2.75, 3.05) is 25.6 Å². The van der Waals surface area contributed by atoms with Crippen molar-refractivity contribution in [2.45, 2.75) is 70.2 Å². The molecule has 3 aliphatic rings. The summed E-state index contributed by atoms with van der Waals surface area (Å²) in [6.07, 6.45) is 2.25. The number of aliphatic hydroxyl groups excluding tert-OH is 1. The second kappa shape index (κ2) is 10.1. The maximum absolute atomic E-state index is 14.0. The number of likely N-dealkylation sites (tertiary alicyclic amines) is 1. The molecule has 7 atom stereocenters. The van der Waals surface area contributed by atoms with Crippen molar-refractivity contribution in [3.63, 3.8) is 0 Å². The second-order valence-electron chi connectivity index (χ2n) is 9.95. The van der Waals surface area contributed by atoms with Crippen LogP contribution in [0.1, 0.15) is 46.5 Å². The third kappa shape index (κ3) is 4.18. The van der Waals surface area contributed by atoms with Crippen molar-refractivity contribution >= 4 is 23.4 Å². The number of aliphatic hydroxyl groups is 1. The molecule has 9 nitrogen and oxygen atoms in total. The normalized spacial score (nSPS) is 30.7. The maximum atomic E-state index is 14.0. The molecule has 0 aliphatic carbocycles. The molecule has 2 unspecified atom stereocenters. The van der Waals surface area contributed by atoms with Crippen molar-refractivity contribution in [2.24, 2.45) is 17.8 Å². The molecule has 2 bridgehead atoms. The number of carbonyl (C=O) groups excluding carboxylic acids is 3. The Balaban J connectivity index is 1.71. The lowest BCUT2D eigenvalue weighted by molar-refractivity contribution is -0.145. The summed E-state index contributed by atoms with van der Waals surface area (Å²) in [5.74, 6) is -1.61. The van der Waals surface area contributed by atoms with Crippen LogP contribution >= 0.6 is 0 Å². The highest BCUT2D eigenvalue weighted by Gasteiger charge is 2.75. The lowest BCUT2D eigenvalue weighted by Gasteiger charge is -2.38. The Labute approximate surface area is 206 Å². The highest BCUT2D eigenvalue weighted by atomic mass is 16.5. The Morgan fingerprint density at radius 1 is 1.26 bits per heavy atom. The van der Waals surface area contributed by atoms with Crippen LogP contribution in [0.25, 0.3) is 0 Å². The SMILES string of the molecule is CCCNC(=O)[C@@H]1[C@H]2C(=O)N([C@@H](CO)[C@@H](C)CC)C(C(=O)Nc3ccc(OC)cc3)C23CC[C@H]1O3. The van der Waals surface area contributed by atoms with E-state index in [1.54, 1.807) is 31.4 Å². The molecular formula is C26H37N3O6. The number of hydrogen-bond donors (Lipinski definition) is 3. The van der Waals surface area contributed by atoms with Crippen molar-refractivity contribution in [1.29, 1.82) is 0 Å². The summed E-state index contributed by atoms with van der Waals surface area (Å²) < 4.78 is 11.6. The zero-order chi connectivity index (χ0) is 25.3. The summed E-state index contributed by atoms with van der Waals surface area (Å²) in [5, 5.41) is 16.2. The van der Waals surface area contributed by atoms with E-state index in [-0.39, 0.29) is 30.2 Å². The number of fused-ring (bicyclic) bond motifs is 1. The Bertz CT molecular complexity index is 953. The van der Waals surface area contributed by atoms with Crippen LogP contribution < -0.4 is 15.4 Å². The smallest absolute Gasteiger partial charge is 0.250 e. The van der Waals surface area contributed by atoms with E-state index in [1.165, 1.54) is 4.90 Å². The number of rotatable bonds is 10. The van der Waals surface area contributed by atoms with Crippen molar-refractivity contribution in [1.82, 2.24) is 10.2 Å². The zero-order valence-electron chi connectivity index (χ0n) is 21.0. The van der Waals surface area contributed by atoms with E-state index in [4.69, 9.17) is 9.47 Å². The first-order chi connectivity index (χ1) is 16.8. The molecule has 3 amide bonds. The molecule has 0 saturated carbocycles. The number of methoxy groups -OCH3 is 1. The van der Waals surface area contributed by atoms with E-state index in [2.05, 4.69) is 10.6 Å². The van der Waals surface area contributed by atoms with Gasteiger partial charge in [0.2, 0.25) is 17.7 Å². The Morgan fingerprint density at radius 2 is 1.97 bits per heavy atom. The number of hydrogen-bond acceptors (Lipinski definition) is 6. The van der Waals surface area contributed by atoms with Gasteiger partial charge in [-0.3, -0.25) is 14.4 Å². The third-order valence-electron chi connectivity index (χ3n) is 8.04. The molecule has 3 aliphatic heterocycles. The fraction of sp³-hybridized carbons (Fsp3) is 0.654. The van der Waals surface area contributed by atoms with Gasteiger partial charge in [-0.25, -0.2) is 0 Å². The van der Waals surface area contributed by atoms with Gasteiger partial charge in [0.05, 0.1) is 37.7 Å². The number of amides is 3. The van der Waals surface area contributed by atoms with Crippen LogP contribution in [0.4, 0.5) is 5.69 Å². The molecule has 0 aromatic heterocycles. The predicted molar refractivity (Wildman–Crippen MR) is 130 cm³/mol. The predicted octanol–water partition coefficient (Wildman–Crippen LogP) is 1.94. The Kier molecular flexibility index (Phi) is 7.38. The summed E-state index contributed by atoms with van der Waals surface area (Å²) in [4.78, 5) is 42.5. The first-order valence-corrected chi connectivity index (χ1v) is 12.7. The maximum Gasteiger partial charge on any atom is 0.250 e. The minimum atomic E-state index is -1.09. The molecule has 1 aromatic carbocycles. The topological polar surface area (TPSA) is 117 Å². The fourth-order valence-electron chi connectivity index (χ4n) is 6.11. The highest BCUT2D eigenvalue weighted by molar-refractivity contribution is 6.03. The van der Waals surface area contributed by atoms with Gasteiger partial charge < -0.3 is 30.1 Å². The van der Waals surface area contributed by atoms with Gasteiger partial charge in [-0.05, 0) is 49.4 Å². The minimum Gasteiger partial charge on any atom is -0.497 e. The molecular weight excluding hydrogens is 450 g/mol. The summed E-state index contributed by atoms with van der Waals surface area (Å²) in [7, 11) is 1.57. The van der Waals surface area contributed by atoms with Crippen LogP contribution in [0.3, 0.4) is 0 Å². The van der Waals surface area contributed by atoms with Crippen molar-refractivity contribution in [3.8, 4) is 5.75 Å². The Morgan fingerprint density at radius 3 is 2.57 bits per heavy atom. The molecule has 3 saturated heterocycles. The minimum absolute atomic E-state index is 0.0416. The van der Waals surface area contributed by atoms with Gasteiger partial charge in [-0.2, -0.15) is 0 Å². The molecule has 9 heteroatoms. The van der Waals surface area contributed by atoms with Crippen LogP contribution in [0, 0.1) is 17.8 Å². The Hall–Kier alpha value is -2.65. The number of nitrogens with one attached hydrogen (secondary N) is 2. The average molecular weight is 488 g/mol. The first kappa shape index (κ1) is 25.4. The lowest BCUT2D eigenvalue weighted by Crippen LogP contribution is -2.57. The van der Waals surface area contributed by atoms with E-state index >= 15 is 0 Å². The van der Waals surface area contributed by atoms with Crippen LogP contribution in [0.5, 0.6) is 5.75 Å². The summed E-state index contributed by atoms with van der Waals surface area (Å²) >= 11 is 0. The van der Waals surface area contributed by atoms with Crippen LogP contribution in [-0.4, -0.2) is 71.8 Å². The number of ether oxygens (including phenoxy) is 2. The van der Waals surface area contributed by atoms with Crippen molar-refractivity contribution in [3.05, 3.63) is 24.3 Å². The molecule has 1 aromatic rings. The molecule has 3 fully saturated rings. The van der Waals surface area contributed by atoms with Crippen LogP contribution in [0.2, 0.25) is 0 Å². The van der Waals surface area contributed by atoms with Crippen LogP contribution in [-0.2, 0) is 19.1 Å². The van der Waals surface area contributed by atoms with Gasteiger partial charge in [-0.1, -0.05) is 27.2 Å². The number of benzene rings is 1. The molecule has 0 radical (unpaired) electrons. The van der Waals surface area contributed by atoms with E-state index < -0.39 is 35.6 Å². The molecule has 1 spiro atoms. The van der Waals surface area contributed by atoms with Gasteiger partial charge in [0.15, 0.2) is 0 Å². The summed E-state index contributed by atoms with van der Waals surface area (Å²) in [5.41, 5.74) is -0.523. The van der Waals surface area contributed by atoms with E-state index in [0.717, 1.165) is 12.8 Å². The molecule has 35 heavy (non-hydrogen) atoms. The molecule has 4 rings (SSSR count). The second-order valence-corrected chi connectivity index (χ2v) is 9.95. The van der Waals surface area contributed by atoms with Gasteiger partial charge in [0, 0.05) is 12.2 Å². The number of nitrogens with zero attached hydrogens (tertiary/aromatic N) is 1.